The van der Waals surface area contributed by atoms with E-state index >= 15 is 0 Å². The lowest BCUT2D eigenvalue weighted by atomic mass is 10.1. The lowest BCUT2D eigenvalue weighted by Crippen LogP contribution is -2.20. The molecule has 1 N–H and O–H groups in total. The summed E-state index contributed by atoms with van der Waals surface area (Å²) in [4.78, 5) is 23.7. The van der Waals surface area contributed by atoms with Gasteiger partial charge in [0.2, 0.25) is 5.75 Å². The Bertz CT molecular complexity index is 833. The zero-order valence-electron chi connectivity index (χ0n) is 16.3. The van der Waals surface area contributed by atoms with Gasteiger partial charge in [-0.05, 0) is 42.8 Å². The second-order valence-corrected chi connectivity index (χ2v) is 5.81. The molecule has 0 atom stereocenters. The smallest absolute Gasteiger partial charge is 0.331 e. The number of ether oxygens (including phenoxy) is 4. The van der Waals surface area contributed by atoms with Gasteiger partial charge in [0.05, 0.1) is 21.3 Å². The molecule has 7 nitrogen and oxygen atoms in total. The summed E-state index contributed by atoms with van der Waals surface area (Å²) in [6.45, 7) is 1.57. The molecular weight excluding hydrogens is 362 g/mol. The van der Waals surface area contributed by atoms with Crippen molar-refractivity contribution in [3.05, 3.63) is 53.6 Å². The number of anilines is 1. The molecule has 0 bridgehead atoms. The number of carbonyl (C=O) groups excluding carboxylic acids is 2. The molecular formula is C21H23NO6. The molecule has 2 aromatic carbocycles. The van der Waals surface area contributed by atoms with E-state index in [0.29, 0.717) is 28.5 Å². The molecule has 0 aliphatic rings. The summed E-state index contributed by atoms with van der Waals surface area (Å²) in [5.41, 5.74) is 2.37. The Morgan fingerprint density at radius 2 is 1.57 bits per heavy atom. The van der Waals surface area contributed by atoms with Crippen molar-refractivity contribution in [1.29, 1.82) is 0 Å². The predicted octanol–water partition coefficient (Wildman–Crippen LogP) is 3.22. The zero-order valence-corrected chi connectivity index (χ0v) is 16.3. The largest absolute Gasteiger partial charge is 0.493 e. The van der Waals surface area contributed by atoms with Gasteiger partial charge in [0, 0.05) is 11.8 Å². The normalized spacial score (nSPS) is 10.4. The molecule has 0 saturated heterocycles. The summed E-state index contributed by atoms with van der Waals surface area (Å²) in [6, 6.07) is 10.7. The van der Waals surface area contributed by atoms with Gasteiger partial charge in [-0.25, -0.2) is 4.79 Å². The van der Waals surface area contributed by atoms with Crippen LogP contribution in [0.1, 0.15) is 11.1 Å². The van der Waals surface area contributed by atoms with E-state index in [2.05, 4.69) is 5.32 Å². The van der Waals surface area contributed by atoms with Crippen LogP contribution in [0.3, 0.4) is 0 Å². The van der Waals surface area contributed by atoms with Crippen LogP contribution in [-0.2, 0) is 14.3 Å². The highest BCUT2D eigenvalue weighted by molar-refractivity contribution is 5.94. The molecule has 0 unspecified atom stereocenters. The molecule has 0 aromatic heterocycles. The summed E-state index contributed by atoms with van der Waals surface area (Å²) in [6.07, 6.45) is 2.75. The van der Waals surface area contributed by atoms with Crippen molar-refractivity contribution in [1.82, 2.24) is 0 Å². The quantitative estimate of drug-likeness (QED) is 0.555. The Kier molecular flexibility index (Phi) is 7.45. The van der Waals surface area contributed by atoms with E-state index in [4.69, 9.17) is 18.9 Å². The Morgan fingerprint density at radius 1 is 0.964 bits per heavy atom. The van der Waals surface area contributed by atoms with Crippen molar-refractivity contribution in [2.75, 3.05) is 33.3 Å². The third-order valence-corrected chi connectivity index (χ3v) is 3.78. The standard InChI is InChI=1S/C21H23NO6/c1-14-5-8-16(9-6-14)22-19(23)13-28-20(24)10-7-15-11-17(25-2)21(27-4)18(12-15)26-3/h5-12H,13H2,1-4H3,(H,22,23)/b10-7+. The van der Waals surface area contributed by atoms with Gasteiger partial charge in [-0.15, -0.1) is 0 Å². The van der Waals surface area contributed by atoms with Gasteiger partial charge < -0.3 is 24.3 Å². The minimum atomic E-state index is -0.646. The van der Waals surface area contributed by atoms with Crippen LogP contribution in [0.2, 0.25) is 0 Å². The Hall–Kier alpha value is -3.48. The van der Waals surface area contributed by atoms with Gasteiger partial charge in [-0.2, -0.15) is 0 Å². The number of hydrogen-bond donors (Lipinski definition) is 1. The molecule has 2 aromatic rings. The summed E-state index contributed by atoms with van der Waals surface area (Å²) >= 11 is 0. The fraction of sp³-hybridized carbons (Fsp3) is 0.238. The fourth-order valence-electron chi connectivity index (χ4n) is 2.38. The lowest BCUT2D eigenvalue weighted by Gasteiger charge is -2.12. The SMILES string of the molecule is COc1cc(/C=C/C(=O)OCC(=O)Nc2ccc(C)cc2)cc(OC)c1OC. The van der Waals surface area contributed by atoms with Crippen LogP contribution in [0, 0.1) is 6.92 Å². The summed E-state index contributed by atoms with van der Waals surface area (Å²) in [5, 5.41) is 2.65. The highest BCUT2D eigenvalue weighted by Crippen LogP contribution is 2.38. The number of methoxy groups -OCH3 is 3. The highest BCUT2D eigenvalue weighted by atomic mass is 16.5. The molecule has 28 heavy (non-hydrogen) atoms. The summed E-state index contributed by atoms with van der Waals surface area (Å²) in [5.74, 6) is 0.323. The highest BCUT2D eigenvalue weighted by Gasteiger charge is 2.12. The maximum absolute atomic E-state index is 11.9. The Labute approximate surface area is 163 Å². The molecule has 7 heteroatoms. The number of hydrogen-bond acceptors (Lipinski definition) is 6. The molecule has 0 heterocycles. The minimum Gasteiger partial charge on any atom is -0.493 e. The number of benzene rings is 2. The van der Waals surface area contributed by atoms with Gasteiger partial charge >= 0.3 is 5.97 Å². The van der Waals surface area contributed by atoms with Crippen LogP contribution >= 0.6 is 0 Å². The van der Waals surface area contributed by atoms with Crippen molar-refractivity contribution in [3.8, 4) is 17.2 Å². The first-order valence-electron chi connectivity index (χ1n) is 8.48. The lowest BCUT2D eigenvalue weighted by molar-refractivity contribution is -0.142. The van der Waals surface area contributed by atoms with Crippen molar-refractivity contribution in [2.45, 2.75) is 6.92 Å². The summed E-state index contributed by atoms with van der Waals surface area (Å²) in [7, 11) is 4.52. The maximum Gasteiger partial charge on any atom is 0.331 e. The molecule has 0 radical (unpaired) electrons. The number of rotatable bonds is 8. The topological polar surface area (TPSA) is 83.1 Å². The van der Waals surface area contributed by atoms with Crippen molar-refractivity contribution < 1.29 is 28.5 Å². The predicted molar refractivity (Wildman–Crippen MR) is 106 cm³/mol. The zero-order chi connectivity index (χ0) is 20.5. The first-order chi connectivity index (χ1) is 13.5. The fourth-order valence-corrected chi connectivity index (χ4v) is 2.38. The molecule has 0 aliphatic carbocycles. The second kappa shape index (κ2) is 10.0. The molecule has 148 valence electrons. The van der Waals surface area contributed by atoms with Crippen LogP contribution in [0.4, 0.5) is 5.69 Å². The molecule has 0 fully saturated rings. The van der Waals surface area contributed by atoms with Gasteiger partial charge in [0.1, 0.15) is 0 Å². The van der Waals surface area contributed by atoms with E-state index in [1.165, 1.54) is 33.5 Å². The minimum absolute atomic E-state index is 0.383. The van der Waals surface area contributed by atoms with E-state index < -0.39 is 11.9 Å². The average molecular weight is 385 g/mol. The molecule has 1 amide bonds. The van der Waals surface area contributed by atoms with Crippen LogP contribution in [-0.4, -0.2) is 39.8 Å². The molecule has 0 spiro atoms. The number of nitrogens with one attached hydrogen (secondary N) is 1. The third kappa shape index (κ3) is 5.77. The van der Waals surface area contributed by atoms with Crippen LogP contribution in [0.5, 0.6) is 17.2 Å². The van der Waals surface area contributed by atoms with Gasteiger partial charge in [-0.1, -0.05) is 17.7 Å². The van der Waals surface area contributed by atoms with Crippen molar-refractivity contribution in [2.24, 2.45) is 0 Å². The van der Waals surface area contributed by atoms with Gasteiger partial charge in [0.25, 0.3) is 5.91 Å². The van der Waals surface area contributed by atoms with Crippen LogP contribution in [0.15, 0.2) is 42.5 Å². The third-order valence-electron chi connectivity index (χ3n) is 3.78. The number of carbonyl (C=O) groups is 2. The summed E-state index contributed by atoms with van der Waals surface area (Å²) < 4.78 is 20.7. The van der Waals surface area contributed by atoms with Crippen molar-refractivity contribution >= 4 is 23.6 Å². The average Bonchev–Trinajstić information content (AvgIpc) is 2.71. The van der Waals surface area contributed by atoms with Gasteiger partial charge in [0.15, 0.2) is 18.1 Å². The Morgan fingerprint density at radius 3 is 2.11 bits per heavy atom. The maximum atomic E-state index is 11.9. The van der Waals surface area contributed by atoms with Crippen molar-refractivity contribution in [3.63, 3.8) is 0 Å². The van der Waals surface area contributed by atoms with E-state index in [1.54, 1.807) is 24.3 Å². The monoisotopic (exact) mass is 385 g/mol. The molecule has 0 saturated carbocycles. The molecule has 2 rings (SSSR count). The second-order valence-electron chi connectivity index (χ2n) is 5.81. The Balaban J connectivity index is 1.94. The molecule has 0 aliphatic heterocycles. The first kappa shape index (κ1) is 20.8. The first-order valence-corrected chi connectivity index (χ1v) is 8.48. The van der Waals surface area contributed by atoms with E-state index in [0.717, 1.165) is 5.56 Å². The van der Waals surface area contributed by atoms with Crippen LogP contribution in [0.25, 0.3) is 6.08 Å². The number of esters is 1. The van der Waals surface area contributed by atoms with E-state index in [1.807, 2.05) is 19.1 Å². The van der Waals surface area contributed by atoms with E-state index in [9.17, 15) is 9.59 Å². The number of aryl methyl sites for hydroxylation is 1. The van der Waals surface area contributed by atoms with E-state index in [-0.39, 0.29) is 6.61 Å². The number of amides is 1. The van der Waals surface area contributed by atoms with Crippen LogP contribution < -0.4 is 19.5 Å². The van der Waals surface area contributed by atoms with Gasteiger partial charge in [-0.3, -0.25) is 4.79 Å².